The molecule has 2 aromatic carbocycles. The van der Waals surface area contributed by atoms with Crippen molar-refractivity contribution in [3.8, 4) is 6.07 Å². The van der Waals surface area contributed by atoms with Gasteiger partial charge in [0.25, 0.3) is 10.0 Å². The number of amides is 1. The standard InChI is InChI=1S/C22H24N4O3S/c1-24-11-13-25(14-12-24)22(27)21-10-9-18-6-2-3-8-20(18)26(21)30(28,29)19-7-4-5-17(15-19)16-23/h2-8,15,21H,9-14H2,1H3/t21-/m0/s1. The molecule has 1 saturated heterocycles. The van der Waals surface area contributed by atoms with Gasteiger partial charge in [-0.2, -0.15) is 5.26 Å². The fourth-order valence-corrected chi connectivity index (χ4v) is 5.83. The Kier molecular flexibility index (Phi) is 5.50. The van der Waals surface area contributed by atoms with Gasteiger partial charge in [0.15, 0.2) is 0 Å². The van der Waals surface area contributed by atoms with Crippen molar-refractivity contribution >= 4 is 21.6 Å². The number of benzene rings is 2. The molecule has 2 aliphatic heterocycles. The molecule has 156 valence electrons. The first-order valence-electron chi connectivity index (χ1n) is 10.0. The molecule has 7 nitrogen and oxygen atoms in total. The molecule has 0 radical (unpaired) electrons. The number of aryl methyl sites for hydroxylation is 1. The predicted octanol–water partition coefficient (Wildman–Crippen LogP) is 1.84. The fourth-order valence-electron chi connectivity index (χ4n) is 4.11. The maximum atomic E-state index is 13.7. The van der Waals surface area contributed by atoms with Crippen LogP contribution in [0.2, 0.25) is 0 Å². The van der Waals surface area contributed by atoms with Crippen LogP contribution in [-0.2, 0) is 21.2 Å². The van der Waals surface area contributed by atoms with Gasteiger partial charge in [0.1, 0.15) is 6.04 Å². The second kappa shape index (κ2) is 8.09. The van der Waals surface area contributed by atoms with E-state index >= 15 is 0 Å². The minimum Gasteiger partial charge on any atom is -0.338 e. The van der Waals surface area contributed by atoms with E-state index < -0.39 is 16.1 Å². The Bertz CT molecular complexity index is 1100. The number of carbonyl (C=O) groups excluding carboxylic acids is 1. The van der Waals surface area contributed by atoms with Gasteiger partial charge in [-0.05, 0) is 49.7 Å². The number of fused-ring (bicyclic) bond motifs is 1. The van der Waals surface area contributed by atoms with E-state index in [-0.39, 0.29) is 16.4 Å². The van der Waals surface area contributed by atoms with E-state index in [2.05, 4.69) is 4.90 Å². The van der Waals surface area contributed by atoms with E-state index in [0.717, 1.165) is 18.7 Å². The molecule has 2 aromatic rings. The third kappa shape index (κ3) is 3.66. The largest absolute Gasteiger partial charge is 0.338 e. The van der Waals surface area contributed by atoms with Crippen LogP contribution in [0.4, 0.5) is 5.69 Å². The van der Waals surface area contributed by atoms with E-state index in [0.29, 0.717) is 31.6 Å². The maximum Gasteiger partial charge on any atom is 0.265 e. The number of nitriles is 1. The summed E-state index contributed by atoms with van der Waals surface area (Å²) in [5, 5.41) is 9.20. The SMILES string of the molecule is CN1CCN(C(=O)[C@@H]2CCc3ccccc3N2S(=O)(=O)c2cccc(C#N)c2)CC1. The minimum absolute atomic E-state index is 0.0226. The number of nitrogens with zero attached hydrogens (tertiary/aromatic N) is 4. The second-order valence-electron chi connectivity index (χ2n) is 7.75. The summed E-state index contributed by atoms with van der Waals surface area (Å²) in [7, 11) is -2.02. The Morgan fingerprint density at radius 3 is 2.53 bits per heavy atom. The van der Waals surface area contributed by atoms with E-state index in [1.165, 1.54) is 16.4 Å². The van der Waals surface area contributed by atoms with Crippen LogP contribution in [0.3, 0.4) is 0 Å². The lowest BCUT2D eigenvalue weighted by atomic mass is 9.97. The highest BCUT2D eigenvalue weighted by Gasteiger charge is 2.41. The molecule has 1 fully saturated rings. The maximum absolute atomic E-state index is 13.7. The highest BCUT2D eigenvalue weighted by molar-refractivity contribution is 7.93. The Morgan fingerprint density at radius 1 is 1.07 bits per heavy atom. The number of likely N-dealkylation sites (N-methyl/N-ethyl adjacent to an activating group) is 1. The Hall–Kier alpha value is -2.89. The average molecular weight is 425 g/mol. The molecule has 2 heterocycles. The van der Waals surface area contributed by atoms with Crippen molar-refractivity contribution in [1.82, 2.24) is 9.80 Å². The van der Waals surface area contributed by atoms with Gasteiger partial charge >= 0.3 is 0 Å². The Morgan fingerprint density at radius 2 is 1.80 bits per heavy atom. The smallest absolute Gasteiger partial charge is 0.265 e. The molecular formula is C22H24N4O3S. The average Bonchev–Trinajstić information content (AvgIpc) is 2.78. The lowest BCUT2D eigenvalue weighted by Gasteiger charge is -2.41. The molecule has 1 atom stereocenters. The van der Waals surface area contributed by atoms with Gasteiger partial charge in [-0.1, -0.05) is 24.3 Å². The fraction of sp³-hybridized carbons (Fsp3) is 0.364. The summed E-state index contributed by atoms with van der Waals surface area (Å²) in [6.45, 7) is 2.72. The van der Waals surface area contributed by atoms with Gasteiger partial charge in [-0.3, -0.25) is 9.10 Å². The summed E-state index contributed by atoms with van der Waals surface area (Å²) in [6.07, 6.45) is 1.07. The van der Waals surface area contributed by atoms with E-state index in [9.17, 15) is 18.5 Å². The van der Waals surface area contributed by atoms with Crippen LogP contribution in [0.5, 0.6) is 0 Å². The van der Waals surface area contributed by atoms with Crippen molar-refractivity contribution in [3.05, 3.63) is 59.7 Å². The number of carbonyl (C=O) groups is 1. The van der Waals surface area contributed by atoms with Crippen molar-refractivity contribution < 1.29 is 13.2 Å². The van der Waals surface area contributed by atoms with E-state index in [1.807, 2.05) is 25.2 Å². The van der Waals surface area contributed by atoms with Gasteiger partial charge in [0, 0.05) is 26.2 Å². The highest BCUT2D eigenvalue weighted by Crippen LogP contribution is 2.36. The molecule has 2 aliphatic rings. The van der Waals surface area contributed by atoms with Gasteiger partial charge < -0.3 is 9.80 Å². The van der Waals surface area contributed by atoms with Crippen molar-refractivity contribution in [1.29, 1.82) is 5.26 Å². The molecule has 8 heteroatoms. The number of piperazine rings is 1. The first-order valence-corrected chi connectivity index (χ1v) is 11.5. The molecule has 0 N–H and O–H groups in total. The molecule has 0 spiro atoms. The number of hydrogen-bond acceptors (Lipinski definition) is 5. The first-order chi connectivity index (χ1) is 14.4. The van der Waals surface area contributed by atoms with Crippen LogP contribution in [0.1, 0.15) is 17.5 Å². The van der Waals surface area contributed by atoms with Crippen LogP contribution >= 0.6 is 0 Å². The predicted molar refractivity (Wildman–Crippen MR) is 113 cm³/mol. The second-order valence-corrected chi connectivity index (χ2v) is 9.57. The molecular weight excluding hydrogens is 400 g/mol. The molecule has 30 heavy (non-hydrogen) atoms. The summed E-state index contributed by atoms with van der Waals surface area (Å²) in [4.78, 5) is 17.4. The Labute approximate surface area is 177 Å². The summed E-state index contributed by atoms with van der Waals surface area (Å²) < 4.78 is 28.7. The summed E-state index contributed by atoms with van der Waals surface area (Å²) >= 11 is 0. The first kappa shape index (κ1) is 20.4. The lowest BCUT2D eigenvalue weighted by Crippen LogP contribution is -2.56. The van der Waals surface area contributed by atoms with Gasteiger partial charge in [-0.15, -0.1) is 0 Å². The van der Waals surface area contributed by atoms with Gasteiger partial charge in [-0.25, -0.2) is 8.42 Å². The summed E-state index contributed by atoms with van der Waals surface area (Å²) in [5.41, 5.74) is 1.71. The van der Waals surface area contributed by atoms with Crippen molar-refractivity contribution in [2.24, 2.45) is 0 Å². The monoisotopic (exact) mass is 424 g/mol. The number of hydrogen-bond donors (Lipinski definition) is 0. The number of para-hydroxylation sites is 1. The summed E-state index contributed by atoms with van der Waals surface area (Å²) in [6, 6.07) is 14.5. The zero-order valence-electron chi connectivity index (χ0n) is 16.9. The van der Waals surface area contributed by atoms with Crippen molar-refractivity contribution in [2.45, 2.75) is 23.8 Å². The lowest BCUT2D eigenvalue weighted by molar-refractivity contribution is -0.134. The number of sulfonamides is 1. The molecule has 1 amide bonds. The molecule has 0 saturated carbocycles. The molecule has 0 unspecified atom stereocenters. The van der Waals surface area contributed by atoms with E-state index in [1.54, 1.807) is 29.2 Å². The zero-order valence-corrected chi connectivity index (χ0v) is 17.7. The number of anilines is 1. The molecule has 0 bridgehead atoms. The quantitative estimate of drug-likeness (QED) is 0.751. The van der Waals surface area contributed by atoms with Crippen LogP contribution in [0.15, 0.2) is 53.4 Å². The van der Waals surface area contributed by atoms with Crippen LogP contribution in [0.25, 0.3) is 0 Å². The highest BCUT2D eigenvalue weighted by atomic mass is 32.2. The topological polar surface area (TPSA) is 84.7 Å². The zero-order chi connectivity index (χ0) is 21.3. The van der Waals surface area contributed by atoms with Crippen molar-refractivity contribution in [3.63, 3.8) is 0 Å². The third-order valence-electron chi connectivity index (χ3n) is 5.82. The molecule has 0 aromatic heterocycles. The van der Waals surface area contributed by atoms with Crippen LogP contribution in [0, 0.1) is 11.3 Å². The van der Waals surface area contributed by atoms with Gasteiger partial charge in [0.2, 0.25) is 5.91 Å². The molecule has 0 aliphatic carbocycles. The van der Waals surface area contributed by atoms with Crippen LogP contribution < -0.4 is 4.31 Å². The number of rotatable bonds is 3. The van der Waals surface area contributed by atoms with Crippen LogP contribution in [-0.4, -0.2) is 63.4 Å². The summed E-state index contributed by atoms with van der Waals surface area (Å²) in [5.74, 6) is -0.155. The van der Waals surface area contributed by atoms with Crippen molar-refractivity contribution in [2.75, 3.05) is 37.5 Å². The van der Waals surface area contributed by atoms with Gasteiger partial charge in [0.05, 0.1) is 22.2 Å². The van der Waals surface area contributed by atoms with E-state index in [4.69, 9.17) is 0 Å². The minimum atomic E-state index is -4.03. The Balaban J connectivity index is 1.77. The third-order valence-corrected chi connectivity index (χ3v) is 7.64. The normalized spacial score (nSPS) is 19.8. The molecule has 4 rings (SSSR count).